The van der Waals surface area contributed by atoms with Gasteiger partial charge in [-0.1, -0.05) is 6.07 Å². The van der Waals surface area contributed by atoms with E-state index in [9.17, 15) is 5.11 Å². The first-order valence-electron chi connectivity index (χ1n) is 5.81. The first-order chi connectivity index (χ1) is 8.02. The van der Waals surface area contributed by atoms with Crippen molar-refractivity contribution < 1.29 is 14.6 Å². The van der Waals surface area contributed by atoms with Crippen molar-refractivity contribution in [2.24, 2.45) is 0 Å². The standard InChI is InChI=1S/C13H19NO3/c1-13(2,15)12(14-3)9-4-5-10-11(8-9)17-7-6-16-10/h4-5,8,12,14-15H,6-7H2,1-3H3. The molecule has 1 aromatic rings. The van der Waals surface area contributed by atoms with Crippen LogP contribution in [0.15, 0.2) is 18.2 Å². The number of ether oxygens (including phenoxy) is 2. The summed E-state index contributed by atoms with van der Waals surface area (Å²) in [6.07, 6.45) is 0. The first-order valence-corrected chi connectivity index (χ1v) is 5.81. The molecule has 1 aliphatic heterocycles. The second-order valence-corrected chi connectivity index (χ2v) is 4.78. The second-order valence-electron chi connectivity index (χ2n) is 4.78. The predicted molar refractivity (Wildman–Crippen MR) is 65.5 cm³/mol. The molecule has 1 aromatic carbocycles. The van der Waals surface area contributed by atoms with Crippen LogP contribution in [-0.2, 0) is 0 Å². The van der Waals surface area contributed by atoms with E-state index >= 15 is 0 Å². The van der Waals surface area contributed by atoms with Crippen LogP contribution in [-0.4, -0.2) is 31.0 Å². The van der Waals surface area contributed by atoms with Gasteiger partial charge < -0.3 is 19.9 Å². The molecule has 0 aromatic heterocycles. The lowest BCUT2D eigenvalue weighted by molar-refractivity contribution is 0.0398. The van der Waals surface area contributed by atoms with E-state index < -0.39 is 5.60 Å². The van der Waals surface area contributed by atoms with Crippen LogP contribution in [0.4, 0.5) is 0 Å². The molecule has 0 amide bonds. The third kappa shape index (κ3) is 2.53. The summed E-state index contributed by atoms with van der Waals surface area (Å²) in [5.41, 5.74) is 0.155. The summed E-state index contributed by atoms with van der Waals surface area (Å²) in [7, 11) is 1.83. The number of benzene rings is 1. The second kappa shape index (κ2) is 4.55. The zero-order valence-electron chi connectivity index (χ0n) is 10.5. The van der Waals surface area contributed by atoms with Crippen molar-refractivity contribution in [3.63, 3.8) is 0 Å². The molecule has 2 N–H and O–H groups in total. The van der Waals surface area contributed by atoms with E-state index in [4.69, 9.17) is 9.47 Å². The van der Waals surface area contributed by atoms with Gasteiger partial charge in [0.25, 0.3) is 0 Å². The lowest BCUT2D eigenvalue weighted by atomic mass is 9.92. The fourth-order valence-corrected chi connectivity index (χ4v) is 2.17. The molecule has 4 nitrogen and oxygen atoms in total. The molecule has 1 unspecified atom stereocenters. The average Bonchev–Trinajstić information content (AvgIpc) is 2.28. The Balaban J connectivity index is 2.32. The van der Waals surface area contributed by atoms with Crippen LogP contribution in [0.3, 0.4) is 0 Å². The molecule has 0 saturated carbocycles. The first kappa shape index (κ1) is 12.2. The van der Waals surface area contributed by atoms with Gasteiger partial charge in [-0.15, -0.1) is 0 Å². The maximum Gasteiger partial charge on any atom is 0.161 e. The van der Waals surface area contributed by atoms with Crippen LogP contribution >= 0.6 is 0 Å². The number of likely N-dealkylation sites (N-methyl/N-ethyl adjacent to an activating group) is 1. The van der Waals surface area contributed by atoms with Gasteiger partial charge in [-0.05, 0) is 38.6 Å². The van der Waals surface area contributed by atoms with Gasteiger partial charge in [-0.2, -0.15) is 0 Å². The minimum Gasteiger partial charge on any atom is -0.486 e. The monoisotopic (exact) mass is 237 g/mol. The minimum atomic E-state index is -0.835. The van der Waals surface area contributed by atoms with Gasteiger partial charge in [0.1, 0.15) is 13.2 Å². The Kier molecular flexibility index (Phi) is 3.26. The van der Waals surface area contributed by atoms with E-state index in [1.165, 1.54) is 0 Å². The summed E-state index contributed by atoms with van der Waals surface area (Å²) < 4.78 is 11.0. The van der Waals surface area contributed by atoms with Gasteiger partial charge in [-0.25, -0.2) is 0 Å². The van der Waals surface area contributed by atoms with Crippen molar-refractivity contribution >= 4 is 0 Å². The van der Waals surface area contributed by atoms with Crippen molar-refractivity contribution in [3.8, 4) is 11.5 Å². The van der Waals surface area contributed by atoms with Crippen molar-refractivity contribution in [1.29, 1.82) is 0 Å². The van der Waals surface area contributed by atoms with E-state index in [2.05, 4.69) is 5.32 Å². The van der Waals surface area contributed by atoms with Gasteiger partial charge in [0.2, 0.25) is 0 Å². The Morgan fingerprint density at radius 3 is 2.47 bits per heavy atom. The molecule has 0 bridgehead atoms. The van der Waals surface area contributed by atoms with Crippen LogP contribution in [0.5, 0.6) is 11.5 Å². The topological polar surface area (TPSA) is 50.7 Å². The van der Waals surface area contributed by atoms with E-state index in [1.807, 2.05) is 25.2 Å². The van der Waals surface area contributed by atoms with Gasteiger partial charge in [0, 0.05) is 0 Å². The predicted octanol–water partition coefficient (Wildman–Crippen LogP) is 1.49. The SMILES string of the molecule is CNC(c1ccc2c(c1)OCCO2)C(C)(C)O. The summed E-state index contributed by atoms with van der Waals surface area (Å²) in [6.45, 7) is 4.73. The molecule has 1 aliphatic rings. The Morgan fingerprint density at radius 2 is 1.88 bits per heavy atom. The maximum absolute atomic E-state index is 10.1. The van der Waals surface area contributed by atoms with Gasteiger partial charge in [0.05, 0.1) is 11.6 Å². The Labute approximate surface area is 102 Å². The molecule has 1 atom stereocenters. The highest BCUT2D eigenvalue weighted by Gasteiger charge is 2.28. The lowest BCUT2D eigenvalue weighted by Gasteiger charge is -2.30. The van der Waals surface area contributed by atoms with Gasteiger partial charge in [-0.3, -0.25) is 0 Å². The zero-order chi connectivity index (χ0) is 12.5. The molecular weight excluding hydrogens is 218 g/mol. The highest BCUT2D eigenvalue weighted by Crippen LogP contribution is 2.35. The molecule has 1 heterocycles. The third-order valence-electron chi connectivity index (χ3n) is 2.89. The van der Waals surface area contributed by atoms with E-state index in [0.29, 0.717) is 13.2 Å². The number of hydrogen-bond donors (Lipinski definition) is 2. The van der Waals surface area contributed by atoms with E-state index in [-0.39, 0.29) is 6.04 Å². The van der Waals surface area contributed by atoms with Crippen LogP contribution in [0.2, 0.25) is 0 Å². The fourth-order valence-electron chi connectivity index (χ4n) is 2.17. The number of fused-ring (bicyclic) bond motifs is 1. The fraction of sp³-hybridized carbons (Fsp3) is 0.538. The average molecular weight is 237 g/mol. The molecule has 0 fully saturated rings. The van der Waals surface area contributed by atoms with Crippen molar-refractivity contribution in [2.75, 3.05) is 20.3 Å². The molecule has 17 heavy (non-hydrogen) atoms. The maximum atomic E-state index is 10.1. The molecule has 94 valence electrons. The highest BCUT2D eigenvalue weighted by atomic mass is 16.6. The Morgan fingerprint density at radius 1 is 1.24 bits per heavy atom. The molecule has 2 rings (SSSR count). The van der Waals surface area contributed by atoms with Gasteiger partial charge in [0.15, 0.2) is 11.5 Å². The lowest BCUT2D eigenvalue weighted by Crippen LogP contribution is -2.37. The Hall–Kier alpha value is -1.26. The number of aliphatic hydroxyl groups is 1. The van der Waals surface area contributed by atoms with Gasteiger partial charge >= 0.3 is 0 Å². The normalized spacial score (nSPS) is 16.7. The largest absolute Gasteiger partial charge is 0.486 e. The summed E-state index contributed by atoms with van der Waals surface area (Å²) in [5.74, 6) is 1.52. The molecule has 4 heteroatoms. The van der Waals surface area contributed by atoms with Crippen LogP contribution in [0.1, 0.15) is 25.5 Å². The summed E-state index contributed by atoms with van der Waals surface area (Å²) in [5, 5.41) is 13.2. The molecule has 0 spiro atoms. The highest BCUT2D eigenvalue weighted by molar-refractivity contribution is 5.45. The Bertz CT molecular complexity index is 398. The molecule has 0 aliphatic carbocycles. The molecular formula is C13H19NO3. The van der Waals surface area contributed by atoms with Crippen LogP contribution in [0, 0.1) is 0 Å². The number of hydrogen-bond acceptors (Lipinski definition) is 4. The third-order valence-corrected chi connectivity index (χ3v) is 2.89. The van der Waals surface area contributed by atoms with Crippen molar-refractivity contribution in [3.05, 3.63) is 23.8 Å². The van der Waals surface area contributed by atoms with Crippen molar-refractivity contribution in [2.45, 2.75) is 25.5 Å². The van der Waals surface area contributed by atoms with E-state index in [1.54, 1.807) is 13.8 Å². The summed E-state index contributed by atoms with van der Waals surface area (Å²) >= 11 is 0. The van der Waals surface area contributed by atoms with E-state index in [0.717, 1.165) is 17.1 Å². The number of nitrogens with one attached hydrogen (secondary N) is 1. The quantitative estimate of drug-likeness (QED) is 0.836. The van der Waals surface area contributed by atoms with Crippen molar-refractivity contribution in [1.82, 2.24) is 5.32 Å². The van der Waals surface area contributed by atoms with Crippen LogP contribution in [0.25, 0.3) is 0 Å². The van der Waals surface area contributed by atoms with Crippen LogP contribution < -0.4 is 14.8 Å². The zero-order valence-corrected chi connectivity index (χ0v) is 10.5. The minimum absolute atomic E-state index is 0.140. The molecule has 0 radical (unpaired) electrons. The summed E-state index contributed by atoms with van der Waals surface area (Å²) in [4.78, 5) is 0. The summed E-state index contributed by atoms with van der Waals surface area (Å²) in [6, 6.07) is 5.62. The molecule has 0 saturated heterocycles. The number of rotatable bonds is 3. The smallest absolute Gasteiger partial charge is 0.161 e.